The van der Waals surface area contributed by atoms with Gasteiger partial charge in [0, 0.05) is 12.5 Å². The normalized spacial score (nSPS) is 27.7. The van der Waals surface area contributed by atoms with E-state index in [9.17, 15) is 14.4 Å². The minimum Gasteiger partial charge on any atom is -0.309 e. The van der Waals surface area contributed by atoms with Gasteiger partial charge < -0.3 is 4.90 Å². The lowest BCUT2D eigenvalue weighted by Crippen LogP contribution is -2.37. The molecule has 2 fully saturated rings. The van der Waals surface area contributed by atoms with E-state index in [1.165, 1.54) is 10.7 Å². The summed E-state index contributed by atoms with van der Waals surface area (Å²) in [6.07, 6.45) is 3.32. The quantitative estimate of drug-likeness (QED) is 0.808. The topological polar surface area (TPSA) is 61.4 Å². The molecule has 1 aliphatic heterocycles. The SMILES string of the molecule is C[C@@H]1CN(c2ccnn3c(F)c(Br)cc23)C(=O)[C@]1(C#N)C1CC1. The molecule has 3 heterocycles. The maximum Gasteiger partial charge on any atom is 0.248 e. The molecular formula is C16H14BrFN4O. The number of carbonyl (C=O) groups is 1. The summed E-state index contributed by atoms with van der Waals surface area (Å²) < 4.78 is 15.5. The van der Waals surface area contributed by atoms with Gasteiger partial charge in [-0.2, -0.15) is 14.8 Å². The highest BCUT2D eigenvalue weighted by Crippen LogP contribution is 2.54. The first-order valence-electron chi connectivity index (χ1n) is 7.55. The van der Waals surface area contributed by atoms with E-state index in [1.807, 2.05) is 6.92 Å². The summed E-state index contributed by atoms with van der Waals surface area (Å²) in [4.78, 5) is 14.7. The fourth-order valence-corrected chi connectivity index (χ4v) is 4.12. The Morgan fingerprint density at radius 3 is 2.91 bits per heavy atom. The Morgan fingerprint density at radius 1 is 1.52 bits per heavy atom. The van der Waals surface area contributed by atoms with Crippen molar-refractivity contribution >= 4 is 33.0 Å². The van der Waals surface area contributed by atoms with Crippen LogP contribution in [0.2, 0.25) is 0 Å². The van der Waals surface area contributed by atoms with Gasteiger partial charge in [-0.05, 0) is 46.8 Å². The molecule has 1 aliphatic carbocycles. The number of amides is 1. The molecule has 2 aromatic heterocycles. The van der Waals surface area contributed by atoms with Crippen molar-refractivity contribution in [2.45, 2.75) is 19.8 Å². The zero-order valence-electron chi connectivity index (χ0n) is 12.5. The van der Waals surface area contributed by atoms with E-state index in [1.54, 1.807) is 17.0 Å². The molecule has 2 aliphatic rings. The average Bonchev–Trinajstić information content (AvgIpc) is 3.30. The average molecular weight is 377 g/mol. The zero-order chi connectivity index (χ0) is 16.4. The van der Waals surface area contributed by atoms with Gasteiger partial charge in [-0.25, -0.2) is 4.52 Å². The van der Waals surface area contributed by atoms with Gasteiger partial charge in [0.25, 0.3) is 0 Å². The van der Waals surface area contributed by atoms with Crippen molar-refractivity contribution in [1.29, 1.82) is 5.26 Å². The van der Waals surface area contributed by atoms with Crippen molar-refractivity contribution in [3.63, 3.8) is 0 Å². The van der Waals surface area contributed by atoms with E-state index >= 15 is 0 Å². The zero-order valence-corrected chi connectivity index (χ0v) is 14.0. The molecule has 1 amide bonds. The first kappa shape index (κ1) is 14.6. The Labute approximate surface area is 140 Å². The Bertz CT molecular complexity index is 869. The predicted octanol–water partition coefficient (Wildman–Crippen LogP) is 3.14. The monoisotopic (exact) mass is 376 g/mol. The Morgan fingerprint density at radius 2 is 2.26 bits per heavy atom. The number of rotatable bonds is 2. The highest BCUT2D eigenvalue weighted by Gasteiger charge is 2.61. The molecule has 0 N–H and O–H groups in total. The van der Waals surface area contributed by atoms with Crippen LogP contribution in [0.4, 0.5) is 10.1 Å². The first-order valence-corrected chi connectivity index (χ1v) is 8.35. The Balaban J connectivity index is 1.85. The largest absolute Gasteiger partial charge is 0.309 e. The second kappa shape index (κ2) is 4.78. The highest BCUT2D eigenvalue weighted by atomic mass is 79.9. The number of anilines is 1. The van der Waals surface area contributed by atoms with Crippen LogP contribution in [0.5, 0.6) is 0 Å². The standard InChI is InChI=1S/C16H14BrFN4O/c1-9-7-21(15(23)16(9,8-19)10-2-3-10)12-4-5-20-22-13(12)6-11(17)14(22)18/h4-6,9-10H,2-3,7H2,1H3/t9-,16+/m1/s1. The second-order valence-corrected chi connectivity index (χ2v) is 7.22. The Kier molecular flexibility index (Phi) is 3.04. The van der Waals surface area contributed by atoms with Crippen LogP contribution in [-0.2, 0) is 4.79 Å². The van der Waals surface area contributed by atoms with Gasteiger partial charge in [-0.15, -0.1) is 0 Å². The van der Waals surface area contributed by atoms with Crippen molar-refractivity contribution in [3.8, 4) is 6.07 Å². The summed E-state index contributed by atoms with van der Waals surface area (Å²) in [5.74, 6) is -0.576. The van der Waals surface area contributed by atoms with Gasteiger partial charge in [0.2, 0.25) is 11.9 Å². The lowest BCUT2D eigenvalue weighted by atomic mass is 9.75. The van der Waals surface area contributed by atoms with Crippen molar-refractivity contribution in [2.75, 3.05) is 11.4 Å². The maximum absolute atomic E-state index is 14.1. The molecule has 0 spiro atoms. The molecular weight excluding hydrogens is 363 g/mol. The van der Waals surface area contributed by atoms with Crippen molar-refractivity contribution < 1.29 is 9.18 Å². The van der Waals surface area contributed by atoms with E-state index in [0.717, 1.165) is 12.8 Å². The Hall–Kier alpha value is -1.94. The molecule has 0 unspecified atom stereocenters. The van der Waals surface area contributed by atoms with Gasteiger partial charge in [0.15, 0.2) is 0 Å². The summed E-state index contributed by atoms with van der Waals surface area (Å²) in [5, 5.41) is 13.7. The van der Waals surface area contributed by atoms with E-state index in [2.05, 4.69) is 27.1 Å². The summed E-state index contributed by atoms with van der Waals surface area (Å²) in [6, 6.07) is 5.62. The molecule has 2 atom stereocenters. The minimum absolute atomic E-state index is 0.0519. The predicted molar refractivity (Wildman–Crippen MR) is 85.1 cm³/mol. The molecule has 118 valence electrons. The molecule has 0 bridgehead atoms. The van der Waals surface area contributed by atoms with Crippen molar-refractivity contribution in [1.82, 2.24) is 9.61 Å². The number of nitrogens with zero attached hydrogens (tertiary/aromatic N) is 4. The van der Waals surface area contributed by atoms with E-state index in [4.69, 9.17) is 0 Å². The number of fused-ring (bicyclic) bond motifs is 1. The van der Waals surface area contributed by atoms with Crippen LogP contribution in [0.15, 0.2) is 22.8 Å². The molecule has 7 heteroatoms. The van der Waals surface area contributed by atoms with Gasteiger partial charge in [-0.1, -0.05) is 6.92 Å². The van der Waals surface area contributed by atoms with Gasteiger partial charge in [0.1, 0.15) is 5.41 Å². The van der Waals surface area contributed by atoms with Crippen LogP contribution >= 0.6 is 15.9 Å². The maximum atomic E-state index is 14.1. The molecule has 5 nitrogen and oxygen atoms in total. The second-order valence-electron chi connectivity index (χ2n) is 6.37. The smallest absolute Gasteiger partial charge is 0.248 e. The summed E-state index contributed by atoms with van der Waals surface area (Å²) in [7, 11) is 0. The minimum atomic E-state index is -0.942. The van der Waals surface area contributed by atoms with Crippen LogP contribution in [0.25, 0.3) is 5.52 Å². The third-order valence-corrected chi connectivity index (χ3v) is 5.64. The van der Waals surface area contributed by atoms with E-state index in [-0.39, 0.29) is 17.7 Å². The number of aromatic nitrogens is 2. The van der Waals surface area contributed by atoms with Gasteiger partial charge >= 0.3 is 0 Å². The third kappa shape index (κ3) is 1.81. The van der Waals surface area contributed by atoms with Crippen LogP contribution < -0.4 is 4.90 Å². The van der Waals surface area contributed by atoms with E-state index in [0.29, 0.717) is 22.2 Å². The van der Waals surface area contributed by atoms with Crippen molar-refractivity contribution in [2.24, 2.45) is 17.3 Å². The number of halogens is 2. The summed E-state index contributed by atoms with van der Waals surface area (Å²) in [6.45, 7) is 2.42. The molecule has 0 radical (unpaired) electrons. The van der Waals surface area contributed by atoms with Crippen LogP contribution in [-0.4, -0.2) is 22.1 Å². The molecule has 4 rings (SSSR count). The van der Waals surface area contributed by atoms with Crippen molar-refractivity contribution in [3.05, 3.63) is 28.7 Å². The van der Waals surface area contributed by atoms with Crippen LogP contribution in [0.3, 0.4) is 0 Å². The lowest BCUT2D eigenvalue weighted by Gasteiger charge is -2.23. The fourth-order valence-electron chi connectivity index (χ4n) is 3.73. The molecule has 2 aromatic rings. The molecule has 0 aromatic carbocycles. The fraction of sp³-hybridized carbons (Fsp3) is 0.438. The van der Waals surface area contributed by atoms with Gasteiger partial charge in [-0.3, -0.25) is 4.79 Å². The van der Waals surface area contributed by atoms with Crippen LogP contribution in [0.1, 0.15) is 19.8 Å². The summed E-state index contributed by atoms with van der Waals surface area (Å²) >= 11 is 3.16. The number of hydrogen-bond donors (Lipinski definition) is 0. The molecule has 1 saturated heterocycles. The number of hydrogen-bond acceptors (Lipinski definition) is 3. The molecule has 23 heavy (non-hydrogen) atoms. The van der Waals surface area contributed by atoms with Gasteiger partial charge in [0.05, 0.1) is 27.9 Å². The number of carbonyl (C=O) groups excluding carboxylic acids is 1. The van der Waals surface area contributed by atoms with E-state index < -0.39 is 11.4 Å². The third-order valence-electron chi connectivity index (χ3n) is 5.08. The van der Waals surface area contributed by atoms with Crippen LogP contribution in [0, 0.1) is 34.5 Å². The molecule has 1 saturated carbocycles. The summed E-state index contributed by atoms with van der Waals surface area (Å²) in [5.41, 5.74) is 0.170. The number of nitriles is 1. The lowest BCUT2D eigenvalue weighted by molar-refractivity contribution is -0.124. The first-order chi connectivity index (χ1) is 11.0. The highest BCUT2D eigenvalue weighted by molar-refractivity contribution is 9.10.